The van der Waals surface area contributed by atoms with E-state index in [1.54, 1.807) is 28.9 Å². The van der Waals surface area contributed by atoms with Gasteiger partial charge in [0.05, 0.1) is 63.0 Å². The average molecular weight is 1250 g/mol. The average Bonchev–Trinajstić information content (AvgIpc) is 4.46. The molecule has 5 aliphatic heterocycles. The highest BCUT2D eigenvalue weighted by Crippen LogP contribution is 2.41. The number of hydrogen-bond acceptors (Lipinski definition) is 21. The summed E-state index contributed by atoms with van der Waals surface area (Å²) >= 11 is -1.50. The van der Waals surface area contributed by atoms with Crippen molar-refractivity contribution in [2.45, 2.75) is 150 Å². The van der Waals surface area contributed by atoms with Crippen LogP contribution in [0.3, 0.4) is 0 Å². The summed E-state index contributed by atoms with van der Waals surface area (Å²) in [4.78, 5) is 66.5. The second-order valence-electron chi connectivity index (χ2n) is 23.5. The van der Waals surface area contributed by atoms with Crippen LogP contribution < -0.4 is 0 Å². The number of rotatable bonds is 11. The Hall–Kier alpha value is -6.85. The van der Waals surface area contributed by atoms with E-state index in [-0.39, 0.29) is 98.8 Å². The molecule has 0 N–H and O–H groups in total. The van der Waals surface area contributed by atoms with Crippen molar-refractivity contribution in [2.75, 3.05) is 52.6 Å². The second-order valence-corrected chi connectivity index (χ2v) is 23.8. The molecule has 0 spiro atoms. The van der Waals surface area contributed by atoms with E-state index >= 15 is 0 Å². The van der Waals surface area contributed by atoms with E-state index in [1.165, 1.54) is 12.1 Å². The molecule has 2 aromatic heterocycles. The van der Waals surface area contributed by atoms with Crippen LogP contribution in [-0.2, 0) is 83.9 Å². The Bertz CT molecular complexity index is 2930. The molecular formula is C58H75F2N5O19S2. The van der Waals surface area contributed by atoms with Crippen LogP contribution in [0.1, 0.15) is 114 Å². The number of amides is 4. The maximum absolute atomic E-state index is 14.4. The molecule has 0 radical (unpaired) electrons. The maximum Gasteiger partial charge on any atom is 0.534 e. The third-order valence-electron chi connectivity index (χ3n) is 15.3. The molecule has 472 valence electrons. The topological polar surface area (TPSA) is 289 Å². The van der Waals surface area contributed by atoms with E-state index in [9.17, 15) is 32.8 Å². The van der Waals surface area contributed by atoms with Crippen LogP contribution >= 0.6 is 0 Å². The Balaban J connectivity index is 0.000000206. The summed E-state index contributed by atoms with van der Waals surface area (Å²) in [6, 6.07) is 10.1. The number of fused-ring (bicyclic) bond motifs is 4. The number of piperidine rings is 2. The molecule has 28 heteroatoms. The van der Waals surface area contributed by atoms with E-state index in [0.717, 1.165) is 47.9 Å². The van der Waals surface area contributed by atoms with Crippen molar-refractivity contribution < 1.29 is 96.6 Å². The van der Waals surface area contributed by atoms with Gasteiger partial charge in [-0.3, -0.25) is 14.4 Å². The quantitative estimate of drug-likeness (QED) is 0.0769. The summed E-state index contributed by atoms with van der Waals surface area (Å²) in [5, 5.41) is 8.76. The lowest BCUT2D eigenvalue weighted by atomic mass is 9.84. The standard InChI is InChI=1S/C24H29FN2O5.C24H31FN2O5.C9H11NO5.CH4.2O2S/c1-14-4-5-18(19(25)8-14)21-15(2)20(26-32-21)13-30-22-16-9-27(10-17(22)12-29-11-16)23(28)31-24(3)6-7-24;1-14-6-7-18(19(25)8-14)21-15(2)20(26-32-21)13-30-22-16-9-27(10-17(22)12-29-11-16)23(28)31-24(3,4)5;1-9(4-5-9)14-8(13)15-10-6(11)2-3-7(10)12;;2*1-3-2/h4-5,8,16-17,22H,6-7,9-13H2,1-3H3;6-8,16-17,22H,9-13H2,1-5H3;2-5H2,1H3;1H4;;. The smallest absolute Gasteiger partial charge is 0.444 e. The van der Waals surface area contributed by atoms with Crippen LogP contribution in [0, 0.1) is 63.0 Å². The summed E-state index contributed by atoms with van der Waals surface area (Å²) in [7, 11) is 0. The van der Waals surface area contributed by atoms with Gasteiger partial charge in [-0.2, -0.15) is 16.8 Å². The number of benzene rings is 2. The Morgan fingerprint density at radius 2 is 1.00 bits per heavy atom. The van der Waals surface area contributed by atoms with E-state index in [0.29, 0.717) is 91.7 Å². The number of carbonyl (C=O) groups excluding carboxylic acids is 5. The summed E-state index contributed by atoms with van der Waals surface area (Å²) in [6.07, 6.45) is 1.97. The molecule has 7 aliphatic rings. The summed E-state index contributed by atoms with van der Waals surface area (Å²) < 4.78 is 113. The maximum atomic E-state index is 14.4. The lowest BCUT2D eigenvalue weighted by Crippen LogP contribution is -2.58. The van der Waals surface area contributed by atoms with Crippen molar-refractivity contribution in [1.82, 2.24) is 25.2 Å². The highest BCUT2D eigenvalue weighted by molar-refractivity contribution is 7.52. The number of likely N-dealkylation sites (tertiary alicyclic amines) is 2. The van der Waals surface area contributed by atoms with E-state index in [1.807, 2.05) is 67.5 Å². The number of nitrogens with zero attached hydrogens (tertiary/aromatic N) is 5. The Morgan fingerprint density at radius 3 is 1.36 bits per heavy atom. The molecule has 4 amide bonds. The van der Waals surface area contributed by atoms with Gasteiger partial charge in [-0.25, -0.2) is 23.2 Å². The molecule has 5 saturated heterocycles. The minimum absolute atomic E-state index is 0. The normalized spacial score (nSPS) is 22.7. The highest BCUT2D eigenvalue weighted by atomic mass is 32.1. The van der Waals surface area contributed by atoms with Gasteiger partial charge in [0, 0.05) is 73.8 Å². The first-order valence-corrected chi connectivity index (χ1v) is 29.0. The lowest BCUT2D eigenvalue weighted by Gasteiger charge is -2.46. The van der Waals surface area contributed by atoms with Gasteiger partial charge in [0.2, 0.25) is 0 Å². The summed E-state index contributed by atoms with van der Waals surface area (Å²) in [5.41, 5.74) is 4.04. The van der Waals surface area contributed by atoms with Crippen LogP contribution in [0.2, 0.25) is 0 Å². The third-order valence-corrected chi connectivity index (χ3v) is 15.3. The van der Waals surface area contributed by atoms with E-state index in [2.05, 4.69) is 15.2 Å². The zero-order chi connectivity index (χ0) is 62.0. The molecule has 24 nitrogen and oxygen atoms in total. The SMILES string of the molecule is C.CC1(OC(=O)ON2C(=O)CCC2=O)CC1.Cc1ccc(-c2onc(COC3C4COCC3CN(C(=O)OC(C)(C)C)C4)c2C)c(F)c1.Cc1ccc(-c2onc(COC3C4COCC3CN(C(=O)OC3(C)CC3)C4)c2C)c(F)c1.O=S=O.O=S=O. The highest BCUT2D eigenvalue weighted by Gasteiger charge is 2.48. The fourth-order valence-electron chi connectivity index (χ4n) is 10.2. The van der Waals surface area contributed by atoms with Crippen molar-refractivity contribution in [3.05, 3.63) is 81.7 Å². The van der Waals surface area contributed by atoms with Gasteiger partial charge >= 0.3 is 41.5 Å². The van der Waals surface area contributed by atoms with Gasteiger partial charge in [0.25, 0.3) is 11.8 Å². The third kappa shape index (κ3) is 18.1. The number of hydrogen-bond donors (Lipinski definition) is 0. The predicted octanol–water partition coefficient (Wildman–Crippen LogP) is 8.80. The Labute approximate surface area is 504 Å². The molecule has 2 saturated carbocycles. The molecular weight excluding hydrogens is 1170 g/mol. The predicted molar refractivity (Wildman–Crippen MR) is 300 cm³/mol. The monoisotopic (exact) mass is 1250 g/mol. The van der Waals surface area contributed by atoms with Crippen LogP contribution in [0.4, 0.5) is 23.2 Å². The van der Waals surface area contributed by atoms with Gasteiger partial charge in [0.1, 0.15) is 39.8 Å². The molecule has 2 aromatic carbocycles. The first-order chi connectivity index (χ1) is 40.3. The summed E-state index contributed by atoms with van der Waals surface area (Å²) in [5.74, 6) is -0.574. The first kappa shape index (κ1) is 68.3. The van der Waals surface area contributed by atoms with Crippen molar-refractivity contribution in [3.63, 3.8) is 0 Å². The van der Waals surface area contributed by atoms with Crippen LogP contribution in [0.15, 0.2) is 45.4 Å². The molecule has 4 atom stereocenters. The van der Waals surface area contributed by atoms with Gasteiger partial charge in [-0.1, -0.05) is 34.9 Å². The number of aromatic nitrogens is 2. The van der Waals surface area contributed by atoms with Crippen molar-refractivity contribution in [3.8, 4) is 22.6 Å². The Kier molecular flexibility index (Phi) is 23.6. The van der Waals surface area contributed by atoms with Crippen molar-refractivity contribution in [1.29, 1.82) is 0 Å². The molecule has 86 heavy (non-hydrogen) atoms. The number of carbonyl (C=O) groups is 5. The van der Waals surface area contributed by atoms with Crippen LogP contribution in [0.25, 0.3) is 22.6 Å². The molecule has 7 fully saturated rings. The Morgan fingerprint density at radius 1 is 0.628 bits per heavy atom. The van der Waals surface area contributed by atoms with E-state index in [4.69, 9.17) is 59.0 Å². The van der Waals surface area contributed by atoms with Gasteiger partial charge in [-0.15, -0.1) is 0 Å². The molecule has 4 bridgehead atoms. The molecule has 11 rings (SSSR count). The van der Waals surface area contributed by atoms with Crippen LogP contribution in [0.5, 0.6) is 0 Å². The van der Waals surface area contributed by atoms with E-state index < -0.39 is 52.3 Å². The zero-order valence-electron chi connectivity index (χ0n) is 48.8. The van der Waals surface area contributed by atoms with Crippen LogP contribution in [-0.4, -0.2) is 154 Å². The second kappa shape index (κ2) is 29.7. The summed E-state index contributed by atoms with van der Waals surface area (Å²) in [6.45, 7) is 21.5. The van der Waals surface area contributed by atoms with Gasteiger partial charge in [-0.05, 0) is 123 Å². The number of ether oxygens (including phenoxy) is 7. The first-order valence-electron chi connectivity index (χ1n) is 27.7. The number of aryl methyl sites for hydroxylation is 2. The molecule has 2 aliphatic carbocycles. The number of halogens is 2. The van der Waals surface area contributed by atoms with Gasteiger partial charge < -0.3 is 52.0 Å². The molecule has 7 heterocycles. The lowest BCUT2D eigenvalue weighted by molar-refractivity contribution is -0.179. The number of hydroxylamine groups is 2. The van der Waals surface area contributed by atoms with Gasteiger partial charge in [0.15, 0.2) is 11.5 Å². The fraction of sp³-hybridized carbons (Fsp3) is 0.603. The molecule has 4 unspecified atom stereocenters. The minimum atomic E-state index is -0.987. The fourth-order valence-corrected chi connectivity index (χ4v) is 10.2. The van der Waals surface area contributed by atoms with Crippen molar-refractivity contribution >= 4 is 53.3 Å². The number of imide groups is 1. The largest absolute Gasteiger partial charge is 0.534 e. The van der Waals surface area contributed by atoms with Crippen molar-refractivity contribution in [2.24, 2.45) is 23.7 Å². The zero-order valence-corrected chi connectivity index (χ0v) is 50.4. The minimum Gasteiger partial charge on any atom is -0.444 e. The molecule has 4 aromatic rings.